The number of hydrazine groups is 1. The quantitative estimate of drug-likeness (QED) is 0.723. The lowest BCUT2D eigenvalue weighted by Crippen LogP contribution is -2.36. The van der Waals surface area contributed by atoms with E-state index in [1.165, 1.54) is 5.01 Å². The molecular weight excluding hydrogens is 240 g/mol. The smallest absolute Gasteiger partial charge is 0.253 e. The van der Waals surface area contributed by atoms with Gasteiger partial charge in [0.15, 0.2) is 0 Å². The maximum Gasteiger partial charge on any atom is 0.253 e. The number of nitrogens with zero attached hydrogens (tertiary/aromatic N) is 1. The Morgan fingerprint density at radius 2 is 1.82 bits per heavy atom. The van der Waals surface area contributed by atoms with Gasteiger partial charge in [-0.05, 0) is 30.5 Å². The highest BCUT2D eigenvalue weighted by atomic mass is 32.2. The Morgan fingerprint density at radius 1 is 1.24 bits per heavy atom. The maximum atomic E-state index is 11.8. The zero-order valence-corrected chi connectivity index (χ0v) is 10.9. The Kier molecular flexibility index (Phi) is 5.07. The van der Waals surface area contributed by atoms with Crippen LogP contribution in [0.4, 0.5) is 0 Å². The monoisotopic (exact) mass is 258 g/mol. The molecule has 1 aromatic rings. The fourth-order valence-corrected chi connectivity index (χ4v) is 2.49. The molecule has 0 unspecified atom stereocenters. The fraction of sp³-hybridized carbons (Fsp3) is 0.455. The molecular formula is C11H18N2O3S. The summed E-state index contributed by atoms with van der Waals surface area (Å²) < 4.78 is 23.6. The predicted octanol–water partition coefficient (Wildman–Crippen LogP) is 0.366. The van der Waals surface area contributed by atoms with Crippen LogP contribution in [0.2, 0.25) is 0 Å². The topological polar surface area (TPSA) is 69.6 Å². The molecule has 0 fully saturated rings. The van der Waals surface area contributed by atoms with Gasteiger partial charge in [-0.25, -0.2) is 13.4 Å². The normalized spacial score (nSPS) is 12.0. The molecule has 0 bridgehead atoms. The Bertz CT molecular complexity index is 440. The van der Waals surface area contributed by atoms with E-state index in [-0.39, 0.29) is 11.5 Å². The van der Waals surface area contributed by atoms with Gasteiger partial charge in [0.25, 0.3) is 10.0 Å². The molecule has 0 saturated carbocycles. The molecule has 17 heavy (non-hydrogen) atoms. The summed E-state index contributed by atoms with van der Waals surface area (Å²) in [6.45, 7) is 0.141. The molecule has 0 aliphatic heterocycles. The highest BCUT2D eigenvalue weighted by molar-refractivity contribution is 7.89. The van der Waals surface area contributed by atoms with Crippen molar-refractivity contribution in [3.05, 3.63) is 29.8 Å². The third-order valence-corrected chi connectivity index (χ3v) is 3.66. The summed E-state index contributed by atoms with van der Waals surface area (Å²) in [6, 6.07) is 6.66. The van der Waals surface area contributed by atoms with Crippen molar-refractivity contribution in [2.75, 3.05) is 20.7 Å². The molecule has 0 saturated heterocycles. The molecule has 96 valence electrons. The summed E-state index contributed by atoms with van der Waals surface area (Å²) in [7, 11) is -0.234. The van der Waals surface area contributed by atoms with E-state index in [0.717, 1.165) is 12.0 Å². The van der Waals surface area contributed by atoms with E-state index in [9.17, 15) is 8.42 Å². The third-order valence-electron chi connectivity index (χ3n) is 2.16. The molecule has 0 radical (unpaired) electrons. The summed E-state index contributed by atoms with van der Waals surface area (Å²) in [5, 5.41) is 10.1. The van der Waals surface area contributed by atoms with Gasteiger partial charge in [-0.3, -0.25) is 0 Å². The van der Waals surface area contributed by atoms with Crippen LogP contribution in [0.15, 0.2) is 29.2 Å². The molecule has 2 N–H and O–H groups in total. The number of aryl methyl sites for hydroxylation is 1. The Balaban J connectivity index is 2.80. The summed E-state index contributed by atoms with van der Waals surface area (Å²) in [5.41, 5.74) is 1.02. The van der Waals surface area contributed by atoms with Crippen LogP contribution in [0.5, 0.6) is 0 Å². The van der Waals surface area contributed by atoms with Crippen LogP contribution < -0.4 is 4.83 Å². The minimum atomic E-state index is -3.47. The third kappa shape index (κ3) is 4.43. The van der Waals surface area contributed by atoms with Gasteiger partial charge in [0.2, 0.25) is 0 Å². The van der Waals surface area contributed by atoms with Crippen molar-refractivity contribution in [2.45, 2.75) is 17.7 Å². The largest absolute Gasteiger partial charge is 0.396 e. The van der Waals surface area contributed by atoms with Crippen LogP contribution in [0.1, 0.15) is 12.0 Å². The van der Waals surface area contributed by atoms with E-state index in [4.69, 9.17) is 5.11 Å². The van der Waals surface area contributed by atoms with Gasteiger partial charge in [0, 0.05) is 20.7 Å². The molecule has 0 aliphatic rings. The number of hydrogen-bond donors (Lipinski definition) is 2. The molecule has 5 nitrogen and oxygen atoms in total. The van der Waals surface area contributed by atoms with Crippen molar-refractivity contribution < 1.29 is 13.5 Å². The van der Waals surface area contributed by atoms with Gasteiger partial charge >= 0.3 is 0 Å². The number of sulfonamides is 1. The van der Waals surface area contributed by atoms with Gasteiger partial charge in [0.05, 0.1) is 4.90 Å². The SMILES string of the molecule is CN(C)NS(=O)(=O)c1ccc(CCCO)cc1. The number of aliphatic hydroxyl groups is 1. The molecule has 1 rings (SSSR count). The predicted molar refractivity (Wildman–Crippen MR) is 65.9 cm³/mol. The second-order valence-corrected chi connectivity index (χ2v) is 5.62. The van der Waals surface area contributed by atoms with E-state index >= 15 is 0 Å². The Morgan fingerprint density at radius 3 is 2.29 bits per heavy atom. The number of benzene rings is 1. The van der Waals surface area contributed by atoms with Crippen LogP contribution in [0.25, 0.3) is 0 Å². The van der Waals surface area contributed by atoms with Crippen molar-refractivity contribution in [1.29, 1.82) is 0 Å². The lowest BCUT2D eigenvalue weighted by atomic mass is 10.1. The van der Waals surface area contributed by atoms with Gasteiger partial charge in [-0.1, -0.05) is 12.1 Å². The Labute approximate surface area is 102 Å². The summed E-state index contributed by atoms with van der Waals surface area (Å²) >= 11 is 0. The van der Waals surface area contributed by atoms with Gasteiger partial charge in [-0.15, -0.1) is 4.83 Å². The van der Waals surface area contributed by atoms with Crippen LogP contribution in [0.3, 0.4) is 0 Å². The van der Waals surface area contributed by atoms with Crippen molar-refractivity contribution in [1.82, 2.24) is 9.84 Å². The summed E-state index contributed by atoms with van der Waals surface area (Å²) in [5.74, 6) is 0. The van der Waals surface area contributed by atoms with Crippen molar-refractivity contribution in [3.8, 4) is 0 Å². The molecule has 0 heterocycles. The van der Waals surface area contributed by atoms with E-state index in [1.54, 1.807) is 38.4 Å². The average Bonchev–Trinajstić information content (AvgIpc) is 2.25. The highest BCUT2D eigenvalue weighted by Gasteiger charge is 2.13. The minimum Gasteiger partial charge on any atom is -0.396 e. The number of rotatable bonds is 6. The first-order valence-corrected chi connectivity index (χ1v) is 6.83. The lowest BCUT2D eigenvalue weighted by molar-refractivity contribution is 0.288. The van der Waals surface area contributed by atoms with E-state index < -0.39 is 10.0 Å². The summed E-state index contributed by atoms with van der Waals surface area (Å²) in [6.07, 6.45) is 1.43. The first-order valence-electron chi connectivity index (χ1n) is 5.35. The van der Waals surface area contributed by atoms with E-state index in [1.807, 2.05) is 0 Å². The molecule has 0 aromatic heterocycles. The lowest BCUT2D eigenvalue weighted by Gasteiger charge is -2.12. The second kappa shape index (κ2) is 6.11. The molecule has 0 spiro atoms. The molecule has 0 aliphatic carbocycles. The Hall–Kier alpha value is -0.950. The molecule has 0 atom stereocenters. The van der Waals surface area contributed by atoms with Crippen LogP contribution in [-0.4, -0.2) is 39.2 Å². The van der Waals surface area contributed by atoms with Crippen LogP contribution in [-0.2, 0) is 16.4 Å². The van der Waals surface area contributed by atoms with E-state index in [2.05, 4.69) is 4.83 Å². The first-order chi connectivity index (χ1) is 7.95. The van der Waals surface area contributed by atoms with Gasteiger partial charge < -0.3 is 5.11 Å². The minimum absolute atomic E-state index is 0.141. The molecule has 6 heteroatoms. The highest BCUT2D eigenvalue weighted by Crippen LogP contribution is 2.11. The van der Waals surface area contributed by atoms with Crippen LogP contribution >= 0.6 is 0 Å². The number of nitrogens with one attached hydrogen (secondary N) is 1. The number of aliphatic hydroxyl groups excluding tert-OH is 1. The standard InChI is InChI=1S/C11H18N2O3S/c1-13(2)12-17(15,16)11-7-5-10(6-8-11)4-3-9-14/h5-8,12,14H,3-4,9H2,1-2H3. The first kappa shape index (κ1) is 14.1. The fourth-order valence-electron chi connectivity index (χ4n) is 1.41. The van der Waals surface area contributed by atoms with Crippen molar-refractivity contribution in [2.24, 2.45) is 0 Å². The zero-order valence-electron chi connectivity index (χ0n) is 10.0. The summed E-state index contributed by atoms with van der Waals surface area (Å²) in [4.78, 5) is 2.60. The molecule has 1 aromatic carbocycles. The van der Waals surface area contributed by atoms with Gasteiger partial charge in [-0.2, -0.15) is 0 Å². The number of hydrogen-bond acceptors (Lipinski definition) is 4. The average molecular weight is 258 g/mol. The van der Waals surface area contributed by atoms with E-state index in [0.29, 0.717) is 6.42 Å². The maximum absolute atomic E-state index is 11.8. The molecule has 0 amide bonds. The second-order valence-electron chi connectivity index (χ2n) is 3.96. The van der Waals surface area contributed by atoms with Crippen molar-refractivity contribution >= 4 is 10.0 Å². The van der Waals surface area contributed by atoms with Crippen LogP contribution in [0, 0.1) is 0 Å². The van der Waals surface area contributed by atoms with Crippen molar-refractivity contribution in [3.63, 3.8) is 0 Å². The van der Waals surface area contributed by atoms with Gasteiger partial charge in [0.1, 0.15) is 0 Å². The zero-order chi connectivity index (χ0) is 12.9.